The summed E-state index contributed by atoms with van der Waals surface area (Å²) >= 11 is 8.26. The van der Waals surface area contributed by atoms with Crippen LogP contribution in [0.5, 0.6) is 0 Å². The summed E-state index contributed by atoms with van der Waals surface area (Å²) in [5.74, 6) is 0.192. The van der Waals surface area contributed by atoms with E-state index < -0.39 is 0 Å². The van der Waals surface area contributed by atoms with E-state index in [1.165, 1.54) is 17.8 Å². The van der Waals surface area contributed by atoms with Gasteiger partial charge in [-0.1, -0.05) is 44.0 Å². The van der Waals surface area contributed by atoms with Gasteiger partial charge in [-0.2, -0.15) is 0 Å². The minimum atomic E-state index is -0.0564. The van der Waals surface area contributed by atoms with Gasteiger partial charge in [-0.3, -0.25) is 9.69 Å². The fourth-order valence-corrected chi connectivity index (χ4v) is 5.71. The second kappa shape index (κ2) is 9.69. The number of morpholine rings is 1. The summed E-state index contributed by atoms with van der Waals surface area (Å²) in [7, 11) is 0. The van der Waals surface area contributed by atoms with Gasteiger partial charge in [-0.25, -0.2) is 0 Å². The number of hydrogen-bond acceptors (Lipinski definition) is 5. The zero-order valence-electron chi connectivity index (χ0n) is 17.7. The Bertz CT molecular complexity index is 893. The van der Waals surface area contributed by atoms with Crippen molar-refractivity contribution in [3.63, 3.8) is 0 Å². The Hall–Kier alpha value is -1.60. The second-order valence-corrected chi connectivity index (χ2v) is 9.91. The fourth-order valence-electron chi connectivity index (χ4n) is 4.24. The molecule has 1 fully saturated rings. The average Bonchev–Trinajstić information content (AvgIpc) is 3.03. The largest absolute Gasteiger partial charge is 0.379 e. The molecule has 1 amide bonds. The lowest BCUT2D eigenvalue weighted by Crippen LogP contribution is -2.36. The first-order valence-corrected chi connectivity index (χ1v) is 12.1. The molecule has 0 bridgehead atoms. The maximum Gasteiger partial charge on any atom is 0.259 e. The van der Waals surface area contributed by atoms with Crippen molar-refractivity contribution < 1.29 is 9.53 Å². The number of anilines is 3. The Morgan fingerprint density at radius 2 is 1.87 bits per heavy atom. The van der Waals surface area contributed by atoms with Crippen LogP contribution in [0.4, 0.5) is 17.1 Å². The molecule has 0 unspecified atom stereocenters. The van der Waals surface area contributed by atoms with E-state index in [-0.39, 0.29) is 11.8 Å². The van der Waals surface area contributed by atoms with Crippen LogP contribution in [-0.2, 0) is 4.74 Å². The minimum absolute atomic E-state index is 0.0564. The van der Waals surface area contributed by atoms with E-state index in [4.69, 9.17) is 16.3 Å². The number of thiophene rings is 1. The number of carbonyl (C=O) groups is 1. The van der Waals surface area contributed by atoms with Crippen LogP contribution in [0.15, 0.2) is 24.3 Å². The Morgan fingerprint density at radius 1 is 1.13 bits per heavy atom. The standard InChI is InChI=1S/C23H30ClN3O2S/c1-16(2)21-19-20(22(24)30-21)27(18-9-5-4-8-17(18)25-23(19)28)11-7-3-6-10-26-12-14-29-15-13-26/h4-5,8-9,16H,3,6-7,10-15H2,1-2H3,(H,25,28). The predicted octanol–water partition coefficient (Wildman–Crippen LogP) is 5.73. The smallest absolute Gasteiger partial charge is 0.259 e. The summed E-state index contributed by atoms with van der Waals surface area (Å²) in [5, 5.41) is 3.11. The monoisotopic (exact) mass is 447 g/mol. The summed E-state index contributed by atoms with van der Waals surface area (Å²) in [6.45, 7) is 9.98. The Labute approximate surface area is 188 Å². The van der Waals surface area contributed by atoms with E-state index in [2.05, 4.69) is 35.0 Å². The summed E-state index contributed by atoms with van der Waals surface area (Å²) < 4.78 is 6.13. The van der Waals surface area contributed by atoms with Crippen molar-refractivity contribution in [2.75, 3.05) is 49.6 Å². The molecule has 162 valence electrons. The highest BCUT2D eigenvalue weighted by Gasteiger charge is 2.32. The summed E-state index contributed by atoms with van der Waals surface area (Å²) in [5.41, 5.74) is 3.49. The topological polar surface area (TPSA) is 44.8 Å². The molecule has 2 aliphatic heterocycles. The molecule has 1 saturated heterocycles. The fraction of sp³-hybridized carbons (Fsp3) is 0.522. The highest BCUT2D eigenvalue weighted by atomic mass is 35.5. The van der Waals surface area contributed by atoms with E-state index in [1.54, 1.807) is 0 Å². The molecule has 5 nitrogen and oxygen atoms in total. The van der Waals surface area contributed by atoms with E-state index in [9.17, 15) is 4.79 Å². The molecule has 4 rings (SSSR count). The molecule has 0 radical (unpaired) electrons. The van der Waals surface area contributed by atoms with Crippen LogP contribution in [0.3, 0.4) is 0 Å². The van der Waals surface area contributed by atoms with Gasteiger partial charge in [-0.05, 0) is 37.4 Å². The minimum Gasteiger partial charge on any atom is -0.379 e. The number of hydrogen-bond donors (Lipinski definition) is 1. The number of para-hydroxylation sites is 2. The molecule has 30 heavy (non-hydrogen) atoms. The third kappa shape index (κ3) is 4.52. The Balaban J connectivity index is 1.52. The lowest BCUT2D eigenvalue weighted by atomic mass is 10.1. The highest BCUT2D eigenvalue weighted by Crippen LogP contribution is 2.48. The molecule has 0 spiro atoms. The molecule has 2 aromatic rings. The molecule has 0 aliphatic carbocycles. The molecule has 1 N–H and O–H groups in total. The summed E-state index contributed by atoms with van der Waals surface area (Å²) in [4.78, 5) is 18.9. The third-order valence-electron chi connectivity index (χ3n) is 5.79. The van der Waals surface area contributed by atoms with E-state index in [0.29, 0.717) is 4.34 Å². The van der Waals surface area contributed by atoms with Crippen LogP contribution in [0, 0.1) is 0 Å². The number of fused-ring (bicyclic) bond motifs is 2. The second-order valence-electron chi connectivity index (χ2n) is 8.26. The van der Waals surface area contributed by atoms with Crippen LogP contribution >= 0.6 is 22.9 Å². The van der Waals surface area contributed by atoms with Crippen molar-refractivity contribution in [2.24, 2.45) is 0 Å². The van der Waals surface area contributed by atoms with Gasteiger partial charge in [0.25, 0.3) is 5.91 Å². The Morgan fingerprint density at radius 3 is 2.63 bits per heavy atom. The summed E-state index contributed by atoms with van der Waals surface area (Å²) in [6.07, 6.45) is 3.37. The highest BCUT2D eigenvalue weighted by molar-refractivity contribution is 7.17. The van der Waals surface area contributed by atoms with Gasteiger partial charge in [0, 0.05) is 24.5 Å². The molecule has 0 atom stereocenters. The quantitative estimate of drug-likeness (QED) is 0.550. The van der Waals surface area contributed by atoms with Crippen molar-refractivity contribution in [1.29, 1.82) is 0 Å². The number of nitrogens with one attached hydrogen (secondary N) is 1. The number of amides is 1. The molecule has 7 heteroatoms. The van der Waals surface area contributed by atoms with Gasteiger partial charge in [0.1, 0.15) is 4.34 Å². The molecule has 0 saturated carbocycles. The molecule has 2 aliphatic rings. The summed E-state index contributed by atoms with van der Waals surface area (Å²) in [6, 6.07) is 8.02. The van der Waals surface area contributed by atoms with Crippen LogP contribution in [0.25, 0.3) is 0 Å². The number of ether oxygens (including phenoxy) is 1. The van der Waals surface area contributed by atoms with Gasteiger partial charge in [0.15, 0.2) is 0 Å². The molecule has 1 aromatic heterocycles. The average molecular weight is 448 g/mol. The van der Waals surface area contributed by atoms with Crippen LogP contribution in [0.1, 0.15) is 54.3 Å². The van der Waals surface area contributed by atoms with Crippen LogP contribution < -0.4 is 10.2 Å². The lowest BCUT2D eigenvalue weighted by molar-refractivity contribution is 0.0371. The maximum atomic E-state index is 13.1. The normalized spacial score (nSPS) is 16.9. The van der Waals surface area contributed by atoms with E-state index in [1.807, 2.05) is 18.2 Å². The van der Waals surface area contributed by atoms with Gasteiger partial charge in [0.05, 0.1) is 35.8 Å². The van der Waals surface area contributed by atoms with Crippen molar-refractivity contribution in [3.8, 4) is 0 Å². The number of unbranched alkanes of at least 4 members (excludes halogenated alkanes) is 2. The Kier molecular flexibility index (Phi) is 6.98. The van der Waals surface area contributed by atoms with Crippen LogP contribution in [0.2, 0.25) is 4.34 Å². The third-order valence-corrected chi connectivity index (χ3v) is 7.47. The SMILES string of the molecule is CC(C)c1sc(Cl)c2c1C(=O)Nc1ccccc1N2CCCCCN1CCOCC1. The molecular formula is C23H30ClN3O2S. The van der Waals surface area contributed by atoms with Crippen molar-refractivity contribution in [2.45, 2.75) is 39.0 Å². The van der Waals surface area contributed by atoms with Crippen molar-refractivity contribution >= 4 is 45.9 Å². The number of rotatable bonds is 7. The molecule has 3 heterocycles. The first-order valence-electron chi connectivity index (χ1n) is 10.9. The van der Waals surface area contributed by atoms with Crippen molar-refractivity contribution in [1.82, 2.24) is 4.90 Å². The number of carbonyl (C=O) groups excluding carboxylic acids is 1. The van der Waals surface area contributed by atoms with E-state index in [0.717, 1.165) is 79.7 Å². The maximum absolute atomic E-state index is 13.1. The number of halogens is 1. The van der Waals surface area contributed by atoms with Crippen LogP contribution in [-0.4, -0.2) is 50.2 Å². The lowest BCUT2D eigenvalue weighted by Gasteiger charge is -2.27. The van der Waals surface area contributed by atoms with Gasteiger partial charge < -0.3 is 15.0 Å². The molecular weight excluding hydrogens is 418 g/mol. The first kappa shape index (κ1) is 21.6. The zero-order chi connectivity index (χ0) is 21.1. The van der Waals surface area contributed by atoms with Crippen molar-refractivity contribution in [3.05, 3.63) is 39.0 Å². The number of nitrogens with zero attached hydrogens (tertiary/aromatic N) is 2. The van der Waals surface area contributed by atoms with E-state index >= 15 is 0 Å². The zero-order valence-corrected chi connectivity index (χ0v) is 19.3. The predicted molar refractivity (Wildman–Crippen MR) is 126 cm³/mol. The molecule has 1 aromatic carbocycles. The number of benzene rings is 1. The first-order chi connectivity index (χ1) is 14.6. The van der Waals surface area contributed by atoms with Gasteiger partial charge >= 0.3 is 0 Å². The van der Waals surface area contributed by atoms with Gasteiger partial charge in [-0.15, -0.1) is 11.3 Å². The van der Waals surface area contributed by atoms with Gasteiger partial charge in [0.2, 0.25) is 0 Å².